The third-order valence-electron chi connectivity index (χ3n) is 3.94. The number of carbonyl (C=O) groups is 1. The van der Waals surface area contributed by atoms with Gasteiger partial charge >= 0.3 is 5.97 Å². The van der Waals surface area contributed by atoms with Gasteiger partial charge in [-0.2, -0.15) is 0 Å². The Morgan fingerprint density at radius 2 is 2.08 bits per heavy atom. The Hall–Kier alpha value is -2.12. The van der Waals surface area contributed by atoms with Crippen LogP contribution < -0.4 is 5.32 Å². The van der Waals surface area contributed by atoms with Gasteiger partial charge in [0.25, 0.3) is 0 Å². The number of aromatic carboxylic acids is 1. The molecule has 1 heterocycles. The molecule has 1 fully saturated rings. The molecule has 1 aromatic carbocycles. The molecule has 0 saturated carbocycles. The Balaban J connectivity index is 2.09. The number of benzene rings is 1. The van der Waals surface area contributed by atoms with Crippen molar-refractivity contribution in [2.24, 2.45) is 4.99 Å². The van der Waals surface area contributed by atoms with Gasteiger partial charge in [0.1, 0.15) is 0 Å². The third-order valence-corrected chi connectivity index (χ3v) is 3.94. The highest BCUT2D eigenvalue weighted by Crippen LogP contribution is 2.12. The van der Waals surface area contributed by atoms with Gasteiger partial charge in [-0.15, -0.1) is 0 Å². The molecule has 132 valence electrons. The lowest BCUT2D eigenvalue weighted by molar-refractivity contribution is 0.0697. The van der Waals surface area contributed by atoms with Crippen molar-refractivity contribution in [3.8, 4) is 0 Å². The lowest BCUT2D eigenvalue weighted by Gasteiger charge is -2.34. The van der Waals surface area contributed by atoms with Crippen LogP contribution in [0.1, 0.15) is 16.8 Å². The van der Waals surface area contributed by atoms with Gasteiger partial charge in [-0.3, -0.25) is 4.99 Å². The van der Waals surface area contributed by atoms with E-state index in [1.165, 1.54) is 0 Å². The first-order chi connectivity index (χ1) is 11.6. The number of likely N-dealkylation sites (N-methyl/N-ethyl adjacent to an activating group) is 1. The van der Waals surface area contributed by atoms with Gasteiger partial charge in [0.15, 0.2) is 5.96 Å². The first-order valence-electron chi connectivity index (χ1n) is 8.17. The largest absolute Gasteiger partial charge is 0.478 e. The average molecular weight is 334 g/mol. The summed E-state index contributed by atoms with van der Waals surface area (Å²) in [5.74, 6) is -0.140. The minimum absolute atomic E-state index is 0.261. The summed E-state index contributed by atoms with van der Waals surface area (Å²) in [5, 5.41) is 12.4. The van der Waals surface area contributed by atoms with Crippen LogP contribution in [0.2, 0.25) is 0 Å². The zero-order chi connectivity index (χ0) is 17.4. The van der Waals surface area contributed by atoms with Crippen molar-refractivity contribution < 1.29 is 14.6 Å². The van der Waals surface area contributed by atoms with Crippen molar-refractivity contribution in [3.63, 3.8) is 0 Å². The summed E-state index contributed by atoms with van der Waals surface area (Å²) in [5.41, 5.74) is 0.997. The number of hydrogen-bond donors (Lipinski definition) is 2. The number of carboxylic acids is 1. The molecule has 0 atom stereocenters. The van der Waals surface area contributed by atoms with Crippen LogP contribution in [0.5, 0.6) is 0 Å². The van der Waals surface area contributed by atoms with E-state index in [-0.39, 0.29) is 5.56 Å². The van der Waals surface area contributed by atoms with Crippen LogP contribution in [0.4, 0.5) is 5.69 Å². The first kappa shape index (κ1) is 18.2. The molecule has 7 nitrogen and oxygen atoms in total. The molecule has 7 heteroatoms. The minimum Gasteiger partial charge on any atom is -0.478 e. The van der Waals surface area contributed by atoms with Crippen molar-refractivity contribution in [2.75, 3.05) is 58.8 Å². The lowest BCUT2D eigenvalue weighted by atomic mass is 10.2. The van der Waals surface area contributed by atoms with E-state index in [1.807, 2.05) is 6.07 Å². The summed E-state index contributed by atoms with van der Waals surface area (Å²) in [7, 11) is 3.79. The third kappa shape index (κ3) is 5.50. The van der Waals surface area contributed by atoms with Crippen molar-refractivity contribution in [1.29, 1.82) is 0 Å². The molecule has 24 heavy (non-hydrogen) atoms. The maximum Gasteiger partial charge on any atom is 0.335 e. The Kier molecular flexibility index (Phi) is 7.02. The molecule has 1 aliphatic rings. The fourth-order valence-corrected chi connectivity index (χ4v) is 2.49. The predicted octanol–water partition coefficient (Wildman–Crippen LogP) is 1.44. The molecule has 2 N–H and O–H groups in total. The molecular weight excluding hydrogens is 308 g/mol. The quantitative estimate of drug-likeness (QED) is 0.466. The van der Waals surface area contributed by atoms with Crippen LogP contribution in [0.15, 0.2) is 29.3 Å². The Morgan fingerprint density at radius 3 is 2.75 bits per heavy atom. The number of aliphatic imine (C=N–C) groups is 1. The van der Waals surface area contributed by atoms with E-state index in [0.717, 1.165) is 44.2 Å². The van der Waals surface area contributed by atoms with E-state index >= 15 is 0 Å². The summed E-state index contributed by atoms with van der Waals surface area (Å²) in [6, 6.07) is 6.80. The second kappa shape index (κ2) is 9.24. The molecule has 1 aliphatic heterocycles. The summed E-state index contributed by atoms with van der Waals surface area (Å²) in [4.78, 5) is 20.3. The number of ether oxygens (including phenoxy) is 1. The maximum atomic E-state index is 11.1. The lowest BCUT2D eigenvalue weighted by Crippen LogP contribution is -2.49. The van der Waals surface area contributed by atoms with E-state index in [2.05, 4.69) is 27.2 Å². The van der Waals surface area contributed by atoms with Gasteiger partial charge in [0, 0.05) is 52.1 Å². The van der Waals surface area contributed by atoms with Crippen LogP contribution in [-0.2, 0) is 4.74 Å². The number of guanidine groups is 1. The van der Waals surface area contributed by atoms with E-state index < -0.39 is 5.97 Å². The number of hydrogen-bond acceptors (Lipinski definition) is 4. The minimum atomic E-state index is -0.933. The molecular formula is C17H26N4O3. The summed E-state index contributed by atoms with van der Waals surface area (Å²) >= 11 is 0. The van der Waals surface area contributed by atoms with Gasteiger partial charge < -0.3 is 25.0 Å². The van der Waals surface area contributed by atoms with E-state index in [1.54, 1.807) is 25.3 Å². The molecule has 1 saturated heterocycles. The van der Waals surface area contributed by atoms with Gasteiger partial charge in [-0.05, 0) is 31.7 Å². The van der Waals surface area contributed by atoms with Crippen molar-refractivity contribution in [3.05, 3.63) is 29.8 Å². The number of anilines is 1. The number of piperazine rings is 1. The van der Waals surface area contributed by atoms with Gasteiger partial charge in [0.2, 0.25) is 0 Å². The Morgan fingerprint density at radius 1 is 1.33 bits per heavy atom. The predicted molar refractivity (Wildman–Crippen MR) is 94.9 cm³/mol. The van der Waals surface area contributed by atoms with Gasteiger partial charge in [-0.1, -0.05) is 6.07 Å². The van der Waals surface area contributed by atoms with E-state index in [4.69, 9.17) is 9.84 Å². The summed E-state index contributed by atoms with van der Waals surface area (Å²) < 4.78 is 5.07. The first-order valence-corrected chi connectivity index (χ1v) is 8.17. The van der Waals surface area contributed by atoms with Crippen molar-refractivity contribution >= 4 is 17.6 Å². The highest BCUT2D eigenvalue weighted by molar-refractivity contribution is 5.95. The summed E-state index contributed by atoms with van der Waals surface area (Å²) in [6.45, 7) is 5.09. The molecule has 0 aliphatic carbocycles. The molecule has 0 aromatic heterocycles. The number of methoxy groups -OCH3 is 1. The molecule has 0 bridgehead atoms. The maximum absolute atomic E-state index is 11.1. The normalized spacial score (nSPS) is 16.2. The molecule has 1 aromatic rings. The smallest absolute Gasteiger partial charge is 0.335 e. The molecule has 0 unspecified atom stereocenters. The number of nitrogens with one attached hydrogen (secondary N) is 1. The second-order valence-electron chi connectivity index (χ2n) is 5.85. The molecule has 2 rings (SSSR count). The number of carboxylic acid groups (broad SMARTS) is 1. The molecule has 0 radical (unpaired) electrons. The van der Waals surface area contributed by atoms with Crippen LogP contribution in [0, 0.1) is 0 Å². The van der Waals surface area contributed by atoms with E-state index in [9.17, 15) is 4.79 Å². The van der Waals surface area contributed by atoms with Crippen LogP contribution in [0.25, 0.3) is 0 Å². The topological polar surface area (TPSA) is 77.4 Å². The van der Waals surface area contributed by atoms with E-state index in [0.29, 0.717) is 13.2 Å². The Bertz CT molecular complexity index is 569. The number of nitrogens with zero attached hydrogens (tertiary/aromatic N) is 3. The number of rotatable bonds is 6. The Labute approximate surface area is 142 Å². The highest BCUT2D eigenvalue weighted by Gasteiger charge is 2.18. The SMILES string of the molecule is COCCCN=C(Nc1cccc(C(=O)O)c1)N1CCN(C)CC1. The summed E-state index contributed by atoms with van der Waals surface area (Å²) in [6.07, 6.45) is 0.852. The zero-order valence-corrected chi connectivity index (χ0v) is 14.4. The second-order valence-corrected chi connectivity index (χ2v) is 5.85. The zero-order valence-electron chi connectivity index (χ0n) is 14.4. The fourth-order valence-electron chi connectivity index (χ4n) is 2.49. The van der Waals surface area contributed by atoms with Gasteiger partial charge in [-0.25, -0.2) is 4.79 Å². The average Bonchev–Trinajstić information content (AvgIpc) is 2.58. The molecule has 0 spiro atoms. The van der Waals surface area contributed by atoms with Crippen molar-refractivity contribution in [1.82, 2.24) is 9.80 Å². The van der Waals surface area contributed by atoms with Crippen LogP contribution >= 0.6 is 0 Å². The van der Waals surface area contributed by atoms with Crippen LogP contribution in [-0.4, -0.2) is 80.3 Å². The highest BCUT2D eigenvalue weighted by atomic mass is 16.5. The van der Waals surface area contributed by atoms with Crippen LogP contribution in [0.3, 0.4) is 0 Å². The molecule has 0 amide bonds. The fraction of sp³-hybridized carbons (Fsp3) is 0.529. The van der Waals surface area contributed by atoms with Crippen molar-refractivity contribution in [2.45, 2.75) is 6.42 Å². The standard InChI is InChI=1S/C17H26N4O3/c1-20-8-10-21(11-9-20)17(18-7-4-12-24-2)19-15-6-3-5-14(13-15)16(22)23/h3,5-6,13H,4,7-12H2,1-2H3,(H,18,19)(H,22,23). The van der Waals surface area contributed by atoms with Gasteiger partial charge in [0.05, 0.1) is 5.56 Å². The monoisotopic (exact) mass is 334 g/mol.